The smallest absolute Gasteiger partial charge is 0.0897 e. The van der Waals surface area contributed by atoms with Crippen molar-refractivity contribution in [3.63, 3.8) is 0 Å². The summed E-state index contributed by atoms with van der Waals surface area (Å²) in [4.78, 5) is 0. The van der Waals surface area contributed by atoms with Crippen molar-refractivity contribution in [1.29, 1.82) is 0 Å². The Hall–Kier alpha value is -0.160. The standard InChI is InChI=1S/C15H31NO3/c1-2-3-10-19-12-14(17)11-16-13-15(18)8-6-4-5-7-9-15/h14,16-18H,2-13H2,1H3. The van der Waals surface area contributed by atoms with Crippen molar-refractivity contribution in [3.05, 3.63) is 0 Å². The minimum absolute atomic E-state index is 0.380. The number of rotatable bonds is 9. The lowest BCUT2D eigenvalue weighted by Gasteiger charge is -2.27. The van der Waals surface area contributed by atoms with Crippen LogP contribution < -0.4 is 5.32 Å². The lowest BCUT2D eigenvalue weighted by molar-refractivity contribution is 0.0119. The SMILES string of the molecule is CCCCOCC(O)CNCC1(O)CCCCCC1. The van der Waals surface area contributed by atoms with Gasteiger partial charge in [0, 0.05) is 19.7 Å². The van der Waals surface area contributed by atoms with Crippen LogP contribution in [0.15, 0.2) is 0 Å². The van der Waals surface area contributed by atoms with Gasteiger partial charge < -0.3 is 20.3 Å². The summed E-state index contributed by atoms with van der Waals surface area (Å²) in [5.74, 6) is 0. The summed E-state index contributed by atoms with van der Waals surface area (Å²) in [7, 11) is 0. The predicted octanol–water partition coefficient (Wildman–Crippen LogP) is 1.84. The first-order chi connectivity index (χ1) is 9.16. The van der Waals surface area contributed by atoms with Crippen molar-refractivity contribution in [2.24, 2.45) is 0 Å². The number of nitrogens with one attached hydrogen (secondary N) is 1. The molecule has 0 amide bonds. The number of unbranched alkanes of at least 4 members (excludes halogenated alkanes) is 1. The second kappa shape index (κ2) is 9.70. The lowest BCUT2D eigenvalue weighted by Crippen LogP contribution is -2.43. The molecule has 1 unspecified atom stereocenters. The fraction of sp³-hybridized carbons (Fsp3) is 1.00. The van der Waals surface area contributed by atoms with Gasteiger partial charge in [-0.05, 0) is 19.3 Å². The van der Waals surface area contributed by atoms with Gasteiger partial charge in [-0.3, -0.25) is 0 Å². The summed E-state index contributed by atoms with van der Waals surface area (Å²) in [6.45, 7) is 4.30. The Morgan fingerprint density at radius 2 is 1.89 bits per heavy atom. The van der Waals surface area contributed by atoms with Gasteiger partial charge >= 0.3 is 0 Å². The van der Waals surface area contributed by atoms with E-state index < -0.39 is 11.7 Å². The van der Waals surface area contributed by atoms with Crippen LogP contribution in [0.5, 0.6) is 0 Å². The van der Waals surface area contributed by atoms with Crippen LogP contribution in [0.25, 0.3) is 0 Å². The van der Waals surface area contributed by atoms with E-state index in [-0.39, 0.29) is 0 Å². The van der Waals surface area contributed by atoms with Gasteiger partial charge in [-0.2, -0.15) is 0 Å². The maximum Gasteiger partial charge on any atom is 0.0897 e. The monoisotopic (exact) mass is 273 g/mol. The molecular formula is C15H31NO3. The third-order valence-corrected chi connectivity index (χ3v) is 3.82. The molecule has 19 heavy (non-hydrogen) atoms. The van der Waals surface area contributed by atoms with E-state index in [1.165, 1.54) is 12.8 Å². The quantitative estimate of drug-likeness (QED) is 0.443. The molecule has 114 valence electrons. The molecule has 4 nitrogen and oxygen atoms in total. The third kappa shape index (κ3) is 7.88. The first-order valence-corrected chi connectivity index (χ1v) is 7.85. The topological polar surface area (TPSA) is 61.7 Å². The highest BCUT2D eigenvalue weighted by Crippen LogP contribution is 2.26. The molecule has 1 saturated carbocycles. The summed E-state index contributed by atoms with van der Waals surface area (Å²) in [6, 6.07) is 0. The molecule has 0 spiro atoms. The maximum absolute atomic E-state index is 10.4. The van der Waals surface area contributed by atoms with E-state index in [9.17, 15) is 10.2 Å². The summed E-state index contributed by atoms with van der Waals surface area (Å²) in [5.41, 5.74) is -0.570. The normalized spacial score (nSPS) is 21.0. The average Bonchev–Trinajstić information content (AvgIpc) is 2.60. The largest absolute Gasteiger partial charge is 0.389 e. The Bertz CT molecular complexity index is 215. The molecule has 0 heterocycles. The van der Waals surface area contributed by atoms with Crippen LogP contribution in [0, 0.1) is 0 Å². The van der Waals surface area contributed by atoms with Gasteiger partial charge in [0.15, 0.2) is 0 Å². The number of hydrogen-bond acceptors (Lipinski definition) is 4. The van der Waals surface area contributed by atoms with Crippen LogP contribution in [-0.2, 0) is 4.74 Å². The molecule has 0 aliphatic heterocycles. The molecule has 1 aliphatic rings. The van der Waals surface area contributed by atoms with Crippen molar-refractivity contribution in [1.82, 2.24) is 5.32 Å². The van der Waals surface area contributed by atoms with E-state index in [0.29, 0.717) is 19.7 Å². The summed E-state index contributed by atoms with van der Waals surface area (Å²) < 4.78 is 5.37. The van der Waals surface area contributed by atoms with Crippen molar-refractivity contribution >= 4 is 0 Å². The highest BCUT2D eigenvalue weighted by molar-refractivity contribution is 4.83. The van der Waals surface area contributed by atoms with Crippen LogP contribution >= 0.6 is 0 Å². The Balaban J connectivity index is 2.07. The van der Waals surface area contributed by atoms with Crippen molar-refractivity contribution < 1.29 is 14.9 Å². The van der Waals surface area contributed by atoms with E-state index in [1.807, 2.05) is 0 Å². The van der Waals surface area contributed by atoms with Gasteiger partial charge in [-0.1, -0.05) is 39.0 Å². The average molecular weight is 273 g/mol. The number of ether oxygens (including phenoxy) is 1. The Morgan fingerprint density at radius 1 is 1.21 bits per heavy atom. The maximum atomic E-state index is 10.4. The highest BCUT2D eigenvalue weighted by Gasteiger charge is 2.27. The second-order valence-electron chi connectivity index (χ2n) is 5.85. The second-order valence-corrected chi connectivity index (χ2v) is 5.85. The van der Waals surface area contributed by atoms with Crippen LogP contribution in [0.4, 0.5) is 0 Å². The molecule has 4 heteroatoms. The molecule has 1 aliphatic carbocycles. The molecule has 0 radical (unpaired) electrons. The van der Waals surface area contributed by atoms with E-state index in [4.69, 9.17) is 4.74 Å². The van der Waals surface area contributed by atoms with Crippen LogP contribution in [0.3, 0.4) is 0 Å². The molecule has 0 aromatic heterocycles. The number of hydrogen-bond donors (Lipinski definition) is 3. The fourth-order valence-electron chi connectivity index (χ4n) is 2.56. The molecule has 1 atom stereocenters. The lowest BCUT2D eigenvalue weighted by atomic mass is 9.94. The fourth-order valence-corrected chi connectivity index (χ4v) is 2.56. The molecule has 0 aromatic rings. The van der Waals surface area contributed by atoms with Gasteiger partial charge in [-0.15, -0.1) is 0 Å². The first-order valence-electron chi connectivity index (χ1n) is 7.85. The number of aliphatic hydroxyl groups excluding tert-OH is 1. The zero-order chi connectivity index (χ0) is 14.0. The van der Waals surface area contributed by atoms with Crippen molar-refractivity contribution in [3.8, 4) is 0 Å². The van der Waals surface area contributed by atoms with Crippen LogP contribution in [0.2, 0.25) is 0 Å². The first kappa shape index (κ1) is 16.9. The molecule has 0 saturated heterocycles. The van der Waals surface area contributed by atoms with E-state index in [0.717, 1.165) is 45.1 Å². The Labute approximate surface area is 117 Å². The van der Waals surface area contributed by atoms with Gasteiger partial charge in [0.25, 0.3) is 0 Å². The summed E-state index contributed by atoms with van der Waals surface area (Å²) in [6.07, 6.45) is 8.12. The van der Waals surface area contributed by atoms with Gasteiger partial charge in [0.2, 0.25) is 0 Å². The molecule has 1 rings (SSSR count). The zero-order valence-electron chi connectivity index (χ0n) is 12.4. The third-order valence-electron chi connectivity index (χ3n) is 3.82. The van der Waals surface area contributed by atoms with Crippen molar-refractivity contribution in [2.45, 2.75) is 70.0 Å². The van der Waals surface area contributed by atoms with E-state index in [1.54, 1.807) is 0 Å². The minimum atomic E-state index is -0.570. The number of aliphatic hydroxyl groups is 2. The van der Waals surface area contributed by atoms with Gasteiger partial charge in [-0.25, -0.2) is 0 Å². The van der Waals surface area contributed by atoms with Gasteiger partial charge in [0.1, 0.15) is 0 Å². The van der Waals surface area contributed by atoms with Crippen molar-refractivity contribution in [2.75, 3.05) is 26.3 Å². The molecular weight excluding hydrogens is 242 g/mol. The molecule has 1 fully saturated rings. The Kier molecular flexibility index (Phi) is 8.62. The molecule has 0 bridgehead atoms. The predicted molar refractivity (Wildman–Crippen MR) is 77.3 cm³/mol. The highest BCUT2D eigenvalue weighted by atomic mass is 16.5. The van der Waals surface area contributed by atoms with E-state index >= 15 is 0 Å². The Morgan fingerprint density at radius 3 is 2.53 bits per heavy atom. The van der Waals surface area contributed by atoms with Crippen LogP contribution in [-0.4, -0.2) is 48.2 Å². The minimum Gasteiger partial charge on any atom is -0.389 e. The van der Waals surface area contributed by atoms with E-state index in [2.05, 4.69) is 12.2 Å². The molecule has 3 N–H and O–H groups in total. The van der Waals surface area contributed by atoms with Gasteiger partial charge in [0.05, 0.1) is 18.3 Å². The van der Waals surface area contributed by atoms with Crippen LogP contribution in [0.1, 0.15) is 58.3 Å². The zero-order valence-corrected chi connectivity index (χ0v) is 12.4. The summed E-state index contributed by atoms with van der Waals surface area (Å²) >= 11 is 0. The molecule has 0 aromatic carbocycles. The summed E-state index contributed by atoms with van der Waals surface area (Å²) in [5, 5.41) is 23.4.